The lowest BCUT2D eigenvalue weighted by Crippen LogP contribution is -2.50. The molecule has 1 amide bonds. The molecule has 0 saturated heterocycles. The van der Waals surface area contributed by atoms with E-state index in [1.165, 1.54) is 43.1 Å². The number of aryl methyl sites for hydroxylation is 2. The average Bonchev–Trinajstić information content (AvgIpc) is 3.26. The number of alkyl halides is 7. The molecule has 1 atom stereocenters. The molecule has 4 nitrogen and oxygen atoms in total. The highest BCUT2D eigenvalue weighted by molar-refractivity contribution is 6.33. The summed E-state index contributed by atoms with van der Waals surface area (Å²) < 4.78 is 95.3. The largest absolute Gasteiger partial charge is 0.435 e. The van der Waals surface area contributed by atoms with Crippen LogP contribution in [0.2, 0.25) is 5.02 Å². The molecule has 3 aromatic rings. The number of carbonyl (C=O) groups excluding carboxylic acids is 1. The fraction of sp³-hybridized carbons (Fsp3) is 0.360. The summed E-state index contributed by atoms with van der Waals surface area (Å²) in [5.74, 6) is -0.389. The Kier molecular flexibility index (Phi) is 7.70. The van der Waals surface area contributed by atoms with Crippen LogP contribution in [0, 0.1) is 13.8 Å². The van der Waals surface area contributed by atoms with Crippen LogP contribution in [-0.2, 0) is 5.67 Å². The van der Waals surface area contributed by atoms with E-state index < -0.39 is 23.6 Å². The molecular formula is C25H23ClF7N3O. The van der Waals surface area contributed by atoms with Crippen molar-refractivity contribution in [2.24, 2.45) is 0 Å². The quantitative estimate of drug-likeness (QED) is 0.321. The van der Waals surface area contributed by atoms with Gasteiger partial charge in [0, 0.05) is 23.4 Å². The molecule has 37 heavy (non-hydrogen) atoms. The molecule has 0 radical (unpaired) electrons. The fourth-order valence-corrected chi connectivity index (χ4v) is 4.14. The molecule has 0 spiro atoms. The first kappa shape index (κ1) is 28.5. The van der Waals surface area contributed by atoms with Gasteiger partial charge in [-0.15, -0.1) is 0 Å². The van der Waals surface area contributed by atoms with Crippen molar-refractivity contribution in [2.75, 3.05) is 0 Å². The molecule has 0 aliphatic rings. The molecule has 2 aromatic carbocycles. The number of hydrogen-bond donors (Lipinski definition) is 1. The van der Waals surface area contributed by atoms with Gasteiger partial charge >= 0.3 is 18.0 Å². The Morgan fingerprint density at radius 3 is 2.11 bits per heavy atom. The van der Waals surface area contributed by atoms with Gasteiger partial charge in [0.1, 0.15) is 0 Å². The summed E-state index contributed by atoms with van der Waals surface area (Å²) in [4.78, 5) is 12.6. The van der Waals surface area contributed by atoms with Crippen molar-refractivity contribution in [2.45, 2.75) is 58.2 Å². The van der Waals surface area contributed by atoms with E-state index in [1.807, 2.05) is 13.8 Å². The monoisotopic (exact) mass is 549 g/mol. The van der Waals surface area contributed by atoms with Crippen LogP contribution in [0.1, 0.15) is 47.3 Å². The summed E-state index contributed by atoms with van der Waals surface area (Å²) in [7, 11) is 0. The molecule has 1 heterocycles. The highest BCUT2D eigenvalue weighted by atomic mass is 35.5. The molecule has 0 aliphatic heterocycles. The predicted molar refractivity (Wildman–Crippen MR) is 126 cm³/mol. The maximum Gasteiger partial charge on any atom is 0.435 e. The van der Waals surface area contributed by atoms with Crippen LogP contribution in [0.15, 0.2) is 42.7 Å². The average molecular weight is 550 g/mol. The Hall–Kier alpha value is -3.08. The second kappa shape index (κ2) is 10.00. The number of nitrogens with one attached hydrogen (secondary N) is 1. The first-order valence-electron chi connectivity index (χ1n) is 11.1. The number of hydrogen-bond acceptors (Lipinski definition) is 2. The molecule has 0 saturated carbocycles. The number of benzene rings is 2. The molecule has 3 rings (SSSR count). The smallest absolute Gasteiger partial charge is 0.350 e. The zero-order chi connectivity index (χ0) is 27.9. The number of aromatic nitrogens is 2. The summed E-state index contributed by atoms with van der Waals surface area (Å²) in [6.07, 6.45) is -8.85. The molecule has 1 unspecified atom stereocenters. The second-order valence-corrected chi connectivity index (χ2v) is 9.17. The molecule has 0 fully saturated rings. The van der Waals surface area contributed by atoms with Crippen molar-refractivity contribution in [3.63, 3.8) is 0 Å². The Morgan fingerprint density at radius 1 is 1.03 bits per heavy atom. The highest BCUT2D eigenvalue weighted by Gasteiger charge is 2.73. The standard InChI is InChI=1S/C25H23ClF7N3O/c1-5-15(4)35-22(37)19-10-18(6-7-20(19)26)36-12-16(11-34-36)21-13(2)8-17(9-14(21)3)23(27,24(28,29)30)25(31,32)33/h6-12,15H,5H2,1-4H3,(H,35,37). The Balaban J connectivity index is 2.03. The number of halogens is 8. The van der Waals surface area contributed by atoms with E-state index in [1.54, 1.807) is 6.07 Å². The number of amides is 1. The summed E-state index contributed by atoms with van der Waals surface area (Å²) in [6.45, 7) is 6.32. The fourth-order valence-electron chi connectivity index (χ4n) is 3.93. The van der Waals surface area contributed by atoms with Crippen LogP contribution in [-0.4, -0.2) is 34.1 Å². The van der Waals surface area contributed by atoms with E-state index in [9.17, 15) is 35.5 Å². The van der Waals surface area contributed by atoms with Crippen molar-refractivity contribution in [1.82, 2.24) is 15.1 Å². The molecule has 200 valence electrons. The van der Waals surface area contributed by atoms with Crippen LogP contribution >= 0.6 is 11.6 Å². The van der Waals surface area contributed by atoms with Crippen molar-refractivity contribution >= 4 is 17.5 Å². The normalized spacial score (nSPS) is 13.5. The molecule has 12 heteroatoms. The van der Waals surface area contributed by atoms with Gasteiger partial charge in [0.05, 0.1) is 22.5 Å². The minimum absolute atomic E-state index is 0.00481. The third kappa shape index (κ3) is 5.32. The lowest BCUT2D eigenvalue weighted by molar-refractivity contribution is -0.348. The van der Waals surface area contributed by atoms with Gasteiger partial charge in [-0.2, -0.15) is 31.4 Å². The van der Waals surface area contributed by atoms with Crippen LogP contribution < -0.4 is 5.32 Å². The lowest BCUT2D eigenvalue weighted by atomic mass is 9.87. The van der Waals surface area contributed by atoms with Gasteiger partial charge in [0.15, 0.2) is 0 Å². The summed E-state index contributed by atoms with van der Waals surface area (Å²) in [5.41, 5.74) is -5.78. The summed E-state index contributed by atoms with van der Waals surface area (Å²) >= 11 is 6.18. The maximum atomic E-state index is 14.6. The summed E-state index contributed by atoms with van der Waals surface area (Å²) in [6, 6.07) is 5.59. The third-order valence-electron chi connectivity index (χ3n) is 6.03. The number of nitrogens with zero attached hydrogens (tertiary/aromatic N) is 2. The van der Waals surface area contributed by atoms with E-state index in [0.717, 1.165) is 0 Å². The van der Waals surface area contributed by atoms with Gasteiger partial charge < -0.3 is 5.32 Å². The maximum absolute atomic E-state index is 14.6. The molecule has 1 aromatic heterocycles. The zero-order valence-electron chi connectivity index (χ0n) is 20.2. The van der Waals surface area contributed by atoms with E-state index in [-0.39, 0.29) is 33.7 Å². The van der Waals surface area contributed by atoms with E-state index >= 15 is 0 Å². The minimum Gasteiger partial charge on any atom is -0.350 e. The van der Waals surface area contributed by atoms with Gasteiger partial charge in [-0.05, 0) is 62.1 Å². The Labute approximate surface area is 213 Å². The molecular weight excluding hydrogens is 527 g/mol. The predicted octanol–water partition coefficient (Wildman–Crippen LogP) is 7.63. The van der Waals surface area contributed by atoms with Crippen LogP contribution in [0.4, 0.5) is 30.7 Å². The molecule has 1 N–H and O–H groups in total. The van der Waals surface area contributed by atoms with Gasteiger partial charge in [0.2, 0.25) is 0 Å². The topological polar surface area (TPSA) is 46.9 Å². The van der Waals surface area contributed by atoms with Crippen LogP contribution in [0.25, 0.3) is 16.8 Å². The lowest BCUT2D eigenvalue weighted by Gasteiger charge is -2.31. The second-order valence-electron chi connectivity index (χ2n) is 8.76. The zero-order valence-corrected chi connectivity index (χ0v) is 20.9. The number of carbonyl (C=O) groups is 1. The first-order valence-corrected chi connectivity index (χ1v) is 11.5. The van der Waals surface area contributed by atoms with Crippen LogP contribution in [0.3, 0.4) is 0 Å². The molecule has 0 aliphatic carbocycles. The Morgan fingerprint density at radius 2 is 1.59 bits per heavy atom. The molecule has 0 bridgehead atoms. The van der Waals surface area contributed by atoms with Crippen molar-refractivity contribution in [3.8, 4) is 16.8 Å². The summed E-state index contributed by atoms with van der Waals surface area (Å²) in [5, 5.41) is 7.23. The SMILES string of the molecule is CCC(C)NC(=O)c1cc(-n2cc(-c3c(C)cc(C(F)(C(F)(F)F)C(F)(F)F)cc3C)cn2)ccc1Cl. The van der Waals surface area contributed by atoms with Gasteiger partial charge in [-0.3, -0.25) is 4.79 Å². The van der Waals surface area contributed by atoms with E-state index in [0.29, 0.717) is 35.4 Å². The van der Waals surface area contributed by atoms with Crippen molar-refractivity contribution in [3.05, 3.63) is 70.0 Å². The number of rotatable bonds is 6. The highest BCUT2D eigenvalue weighted by Crippen LogP contribution is 2.54. The van der Waals surface area contributed by atoms with Crippen molar-refractivity contribution in [1.29, 1.82) is 0 Å². The van der Waals surface area contributed by atoms with Crippen LogP contribution in [0.5, 0.6) is 0 Å². The minimum atomic E-state index is -6.20. The first-order chi connectivity index (χ1) is 17.0. The third-order valence-corrected chi connectivity index (χ3v) is 6.36. The van der Waals surface area contributed by atoms with Gasteiger partial charge in [0.25, 0.3) is 5.91 Å². The van der Waals surface area contributed by atoms with E-state index in [4.69, 9.17) is 11.6 Å². The van der Waals surface area contributed by atoms with Crippen molar-refractivity contribution < 1.29 is 35.5 Å². The van der Waals surface area contributed by atoms with E-state index in [2.05, 4.69) is 10.4 Å². The Bertz CT molecular complexity index is 1280. The van der Waals surface area contributed by atoms with Gasteiger partial charge in [-0.25, -0.2) is 9.07 Å². The van der Waals surface area contributed by atoms with Gasteiger partial charge in [-0.1, -0.05) is 30.7 Å².